The van der Waals surface area contributed by atoms with Gasteiger partial charge >= 0.3 is 110 Å². The first-order valence-corrected chi connectivity index (χ1v) is 12.9. The van der Waals surface area contributed by atoms with E-state index in [1.807, 2.05) is 0 Å². The molecule has 94 valence electrons. The van der Waals surface area contributed by atoms with Crippen LogP contribution in [0.25, 0.3) is 0 Å². The molecule has 0 heterocycles. The zero-order chi connectivity index (χ0) is 11.8. The van der Waals surface area contributed by atoms with E-state index in [0.717, 1.165) is 0 Å². The number of thiol groups is 1. The fraction of sp³-hybridized carbons (Fsp3) is 1.00. The van der Waals surface area contributed by atoms with Crippen LogP contribution in [0, 0.1) is 0 Å². The van der Waals surface area contributed by atoms with Crippen molar-refractivity contribution >= 4 is 32.3 Å². The van der Waals surface area contributed by atoms with Crippen LogP contribution in [-0.4, -0.2) is 34.1 Å². The molecule has 0 aliphatic carbocycles. The summed E-state index contributed by atoms with van der Waals surface area (Å²) >= 11 is 8.23. The van der Waals surface area contributed by atoms with Crippen LogP contribution >= 0.6 is 16.7 Å². The molecule has 0 unspecified atom stereocenters. The van der Waals surface area contributed by atoms with Crippen LogP contribution in [-0.2, 0) is 0 Å². The predicted molar refractivity (Wildman–Crippen MR) is 82.4 cm³/mol. The predicted octanol–water partition coefficient (Wildman–Crippen LogP) is 4.60. The Labute approximate surface area is 110 Å². The van der Waals surface area contributed by atoms with Crippen LogP contribution < -0.4 is 0 Å². The van der Waals surface area contributed by atoms with Crippen molar-refractivity contribution < 1.29 is 0 Å². The molecular formula is C12H29PSSe. The maximum atomic E-state index is 5.18. The molecule has 0 atom stereocenters. The molecule has 0 amide bonds. The van der Waals surface area contributed by atoms with E-state index in [1.165, 1.54) is 57.0 Å². The van der Waals surface area contributed by atoms with Crippen molar-refractivity contribution in [3.05, 3.63) is 0 Å². The number of unbranched alkanes of at least 4 members (excludes halogenated alkanes) is 3. The van der Waals surface area contributed by atoms with Gasteiger partial charge in [-0.25, -0.2) is 0 Å². The molecule has 0 nitrogen and oxygen atoms in total. The molecule has 0 radical (unpaired) electrons. The first-order valence-electron chi connectivity index (χ1n) is 6.47. The van der Waals surface area contributed by atoms with Crippen molar-refractivity contribution in [3.63, 3.8) is 0 Å². The molecule has 0 bridgehead atoms. The summed E-state index contributed by atoms with van der Waals surface area (Å²) in [6.07, 6.45) is 12.2. The molecule has 0 spiro atoms. The number of hydrogen-bond donors (Lipinski definition) is 1. The summed E-state index contributed by atoms with van der Waals surface area (Å²) < 4.78 is -1.65. The third kappa shape index (κ3) is 7.27. The Morgan fingerprint density at radius 3 is 1.27 bits per heavy atom. The molecule has 0 aromatic carbocycles. The van der Waals surface area contributed by atoms with Crippen molar-refractivity contribution in [3.8, 4) is 0 Å². The van der Waals surface area contributed by atoms with E-state index in [1.54, 1.807) is 0 Å². The number of hydrogen-bond acceptors (Lipinski definition) is 1. The van der Waals surface area contributed by atoms with E-state index in [9.17, 15) is 0 Å². The summed E-state index contributed by atoms with van der Waals surface area (Å²) in [5, 5.41) is 0. The minimum absolute atomic E-state index is 1.31. The molecule has 0 N–H and O–H groups in total. The Morgan fingerprint density at radius 1 is 0.800 bits per heavy atom. The SMILES string of the molecule is CCCCP(S)([SeH])(CCCC)CCCC. The van der Waals surface area contributed by atoms with Gasteiger partial charge in [0.1, 0.15) is 0 Å². The van der Waals surface area contributed by atoms with Crippen LogP contribution in [0.5, 0.6) is 0 Å². The zero-order valence-electron chi connectivity index (χ0n) is 10.7. The average Bonchev–Trinajstić information content (AvgIpc) is 2.22. The van der Waals surface area contributed by atoms with Gasteiger partial charge in [-0.3, -0.25) is 0 Å². The maximum absolute atomic E-state index is 5.18. The second-order valence-electron chi connectivity index (χ2n) is 4.84. The summed E-state index contributed by atoms with van der Waals surface area (Å²) in [6.45, 7) is 6.87. The first kappa shape index (κ1) is 16.3. The average molecular weight is 315 g/mol. The van der Waals surface area contributed by atoms with E-state index in [-0.39, 0.29) is 0 Å². The van der Waals surface area contributed by atoms with Gasteiger partial charge in [-0.15, -0.1) is 0 Å². The van der Waals surface area contributed by atoms with Gasteiger partial charge in [-0.2, -0.15) is 0 Å². The van der Waals surface area contributed by atoms with Gasteiger partial charge < -0.3 is 0 Å². The fourth-order valence-electron chi connectivity index (χ4n) is 1.90. The van der Waals surface area contributed by atoms with Crippen molar-refractivity contribution in [1.29, 1.82) is 0 Å². The normalized spacial score (nSPS) is 14.9. The van der Waals surface area contributed by atoms with Gasteiger partial charge in [-0.1, -0.05) is 0 Å². The Kier molecular flexibility index (Phi) is 8.25. The summed E-state index contributed by atoms with van der Waals surface area (Å²) in [4.78, 5) is 0. The molecule has 0 rings (SSSR count). The molecule has 0 saturated carbocycles. The third-order valence-corrected chi connectivity index (χ3v) is 12.7. The summed E-state index contributed by atoms with van der Waals surface area (Å²) in [5.74, 6) is 0. The molecule has 0 aliphatic rings. The Balaban J connectivity index is 4.33. The van der Waals surface area contributed by atoms with Crippen LogP contribution in [0.3, 0.4) is 0 Å². The van der Waals surface area contributed by atoms with Crippen molar-refractivity contribution in [2.24, 2.45) is 0 Å². The molecule has 0 aliphatic heterocycles. The quantitative estimate of drug-likeness (QED) is 0.359. The van der Waals surface area contributed by atoms with Gasteiger partial charge in [0.05, 0.1) is 0 Å². The standard InChI is InChI=1S/C12H29PSSe/c1-4-7-10-13(14,15,11-8-5-2)12-9-6-3/h14-15H,4-12H2,1-3H3. The summed E-state index contributed by atoms with van der Waals surface area (Å²) in [7, 11) is 0. The van der Waals surface area contributed by atoms with Gasteiger partial charge in [-0.05, 0) is 0 Å². The molecule has 3 heteroatoms. The molecule has 15 heavy (non-hydrogen) atoms. The van der Waals surface area contributed by atoms with Crippen molar-refractivity contribution in [1.82, 2.24) is 0 Å². The van der Waals surface area contributed by atoms with Crippen LogP contribution in [0.1, 0.15) is 59.3 Å². The van der Waals surface area contributed by atoms with E-state index >= 15 is 0 Å². The zero-order valence-corrected chi connectivity index (χ0v) is 14.4. The van der Waals surface area contributed by atoms with Crippen molar-refractivity contribution in [2.75, 3.05) is 18.5 Å². The van der Waals surface area contributed by atoms with Crippen LogP contribution in [0.15, 0.2) is 0 Å². The summed E-state index contributed by atoms with van der Waals surface area (Å²) in [6, 6.07) is 0. The second-order valence-corrected chi connectivity index (χ2v) is 21.2. The van der Waals surface area contributed by atoms with Crippen LogP contribution in [0.4, 0.5) is 0 Å². The number of rotatable bonds is 9. The first-order chi connectivity index (χ1) is 6.96. The molecular weight excluding hydrogens is 286 g/mol. The van der Waals surface area contributed by atoms with E-state index in [2.05, 4.69) is 36.3 Å². The van der Waals surface area contributed by atoms with Gasteiger partial charge in [0.2, 0.25) is 0 Å². The van der Waals surface area contributed by atoms with E-state index in [0.29, 0.717) is 0 Å². The van der Waals surface area contributed by atoms with Gasteiger partial charge in [0.15, 0.2) is 0 Å². The molecule has 0 fully saturated rings. The van der Waals surface area contributed by atoms with E-state index in [4.69, 9.17) is 12.2 Å². The Hall–Kier alpha value is 1.30. The molecule has 0 saturated heterocycles. The minimum atomic E-state index is -1.65. The molecule has 0 aromatic heterocycles. The van der Waals surface area contributed by atoms with E-state index < -0.39 is 4.49 Å². The Morgan fingerprint density at radius 2 is 1.07 bits per heavy atom. The fourth-order valence-corrected chi connectivity index (χ4v) is 9.66. The van der Waals surface area contributed by atoms with Crippen LogP contribution in [0.2, 0.25) is 0 Å². The third-order valence-electron chi connectivity index (χ3n) is 3.08. The van der Waals surface area contributed by atoms with Crippen molar-refractivity contribution in [2.45, 2.75) is 59.3 Å². The van der Waals surface area contributed by atoms with Gasteiger partial charge in [0.25, 0.3) is 0 Å². The topological polar surface area (TPSA) is 0 Å². The monoisotopic (exact) mass is 316 g/mol. The van der Waals surface area contributed by atoms with Gasteiger partial charge in [0, 0.05) is 0 Å². The molecule has 0 aromatic rings. The Bertz CT molecular complexity index is 142. The second kappa shape index (κ2) is 7.59. The summed E-state index contributed by atoms with van der Waals surface area (Å²) in [5.41, 5.74) is 0.